The first-order valence-corrected chi connectivity index (χ1v) is 9.77. The van der Waals surface area contributed by atoms with Gasteiger partial charge in [-0.1, -0.05) is 36.4 Å². The summed E-state index contributed by atoms with van der Waals surface area (Å²) in [5, 5.41) is 5.80. The summed E-state index contributed by atoms with van der Waals surface area (Å²) in [7, 11) is 1.56. The molecule has 0 bridgehead atoms. The van der Waals surface area contributed by atoms with E-state index in [2.05, 4.69) is 5.10 Å². The normalized spacial score (nSPS) is 14.7. The molecule has 0 spiro atoms. The smallest absolute Gasteiger partial charge is 0.280 e. The zero-order valence-electron chi connectivity index (χ0n) is 17.2. The van der Waals surface area contributed by atoms with Crippen molar-refractivity contribution in [2.45, 2.75) is 13.5 Å². The minimum absolute atomic E-state index is 0.181. The van der Waals surface area contributed by atoms with Crippen LogP contribution in [0, 0.1) is 5.82 Å². The highest BCUT2D eigenvalue weighted by Gasteiger charge is 2.28. The maximum absolute atomic E-state index is 13.1. The molecule has 0 aliphatic carbocycles. The van der Waals surface area contributed by atoms with Crippen molar-refractivity contribution in [3.8, 4) is 11.5 Å². The van der Waals surface area contributed by atoms with Crippen LogP contribution >= 0.6 is 0 Å². The van der Waals surface area contributed by atoms with Crippen molar-refractivity contribution < 1.29 is 18.7 Å². The van der Waals surface area contributed by atoms with Crippen LogP contribution in [0.3, 0.4) is 0 Å². The number of methoxy groups -OCH3 is 1. The summed E-state index contributed by atoms with van der Waals surface area (Å²) in [5.74, 6) is 0.628. The topological polar surface area (TPSA) is 51.1 Å². The van der Waals surface area contributed by atoms with Gasteiger partial charge in [0.1, 0.15) is 12.4 Å². The van der Waals surface area contributed by atoms with Crippen LogP contribution in [0.5, 0.6) is 11.5 Å². The van der Waals surface area contributed by atoms with Gasteiger partial charge in [0.25, 0.3) is 5.91 Å². The average molecular weight is 416 g/mol. The van der Waals surface area contributed by atoms with Crippen molar-refractivity contribution >= 4 is 23.4 Å². The minimum atomic E-state index is -0.287. The molecule has 4 rings (SSSR count). The second kappa shape index (κ2) is 8.83. The zero-order valence-corrected chi connectivity index (χ0v) is 17.2. The number of para-hydroxylation sites is 1. The van der Waals surface area contributed by atoms with Crippen molar-refractivity contribution in [1.29, 1.82) is 0 Å². The Kier molecular flexibility index (Phi) is 5.80. The van der Waals surface area contributed by atoms with E-state index in [1.165, 1.54) is 17.1 Å². The lowest BCUT2D eigenvalue weighted by atomic mass is 10.1. The van der Waals surface area contributed by atoms with Crippen LogP contribution in [0.1, 0.15) is 18.1 Å². The van der Waals surface area contributed by atoms with Crippen LogP contribution in [-0.4, -0.2) is 18.7 Å². The molecule has 0 N–H and O–H groups in total. The summed E-state index contributed by atoms with van der Waals surface area (Å²) in [4.78, 5) is 12.9. The molecule has 1 aliphatic heterocycles. The molecule has 5 nitrogen and oxygen atoms in total. The quantitative estimate of drug-likeness (QED) is 0.518. The molecule has 31 heavy (non-hydrogen) atoms. The van der Waals surface area contributed by atoms with E-state index in [9.17, 15) is 9.18 Å². The molecule has 6 heteroatoms. The Balaban J connectivity index is 1.53. The van der Waals surface area contributed by atoms with Crippen LogP contribution < -0.4 is 14.5 Å². The van der Waals surface area contributed by atoms with Gasteiger partial charge in [-0.3, -0.25) is 4.79 Å². The maximum Gasteiger partial charge on any atom is 0.280 e. The fourth-order valence-corrected chi connectivity index (χ4v) is 3.23. The summed E-state index contributed by atoms with van der Waals surface area (Å²) in [6, 6.07) is 20.9. The van der Waals surface area contributed by atoms with Gasteiger partial charge >= 0.3 is 0 Å². The number of anilines is 1. The van der Waals surface area contributed by atoms with Crippen molar-refractivity contribution in [2.24, 2.45) is 5.10 Å². The third-order valence-electron chi connectivity index (χ3n) is 4.87. The molecule has 0 radical (unpaired) electrons. The summed E-state index contributed by atoms with van der Waals surface area (Å²) < 4.78 is 24.3. The van der Waals surface area contributed by atoms with Gasteiger partial charge < -0.3 is 9.47 Å². The molecule has 3 aromatic carbocycles. The Morgan fingerprint density at radius 3 is 2.45 bits per heavy atom. The van der Waals surface area contributed by atoms with Crippen molar-refractivity contribution in [1.82, 2.24) is 0 Å². The SMILES string of the molecule is COc1cc(/C=C2\C(=O)N(c3ccccc3)N=C2C)ccc1OCc1ccc(F)cc1. The number of nitrogens with zero attached hydrogens (tertiary/aromatic N) is 2. The Bertz CT molecular complexity index is 1160. The molecule has 3 aromatic rings. The third-order valence-corrected chi connectivity index (χ3v) is 4.87. The molecular weight excluding hydrogens is 395 g/mol. The van der Waals surface area contributed by atoms with Gasteiger partial charge in [-0.05, 0) is 60.5 Å². The van der Waals surface area contributed by atoms with Gasteiger partial charge in [0.05, 0.1) is 24.1 Å². The predicted octanol–water partition coefficient (Wildman–Crippen LogP) is 5.22. The monoisotopic (exact) mass is 416 g/mol. The van der Waals surface area contributed by atoms with E-state index in [-0.39, 0.29) is 18.3 Å². The Labute approximate surface area is 180 Å². The summed E-state index contributed by atoms with van der Waals surface area (Å²) >= 11 is 0. The second-order valence-electron chi connectivity index (χ2n) is 7.02. The lowest BCUT2D eigenvalue weighted by molar-refractivity contribution is -0.114. The highest BCUT2D eigenvalue weighted by molar-refractivity contribution is 6.32. The maximum atomic E-state index is 13.1. The van der Waals surface area contributed by atoms with Gasteiger partial charge in [0.2, 0.25) is 0 Å². The van der Waals surface area contributed by atoms with Crippen LogP contribution in [0.15, 0.2) is 83.5 Å². The number of benzene rings is 3. The summed E-state index contributed by atoms with van der Waals surface area (Å²) in [6.45, 7) is 2.09. The summed E-state index contributed by atoms with van der Waals surface area (Å²) in [5.41, 5.74) is 3.52. The number of ether oxygens (including phenoxy) is 2. The number of hydrogen-bond donors (Lipinski definition) is 0. The lowest BCUT2D eigenvalue weighted by Crippen LogP contribution is -2.21. The van der Waals surface area contributed by atoms with E-state index in [0.29, 0.717) is 22.8 Å². The number of amides is 1. The van der Waals surface area contributed by atoms with Gasteiger partial charge in [0.15, 0.2) is 11.5 Å². The molecule has 0 unspecified atom stereocenters. The molecule has 0 aromatic heterocycles. The molecule has 0 saturated carbocycles. The number of hydrazone groups is 1. The average Bonchev–Trinajstić information content (AvgIpc) is 3.08. The van der Waals surface area contributed by atoms with E-state index >= 15 is 0 Å². The number of carbonyl (C=O) groups excluding carboxylic acids is 1. The van der Waals surface area contributed by atoms with Crippen LogP contribution in [0.25, 0.3) is 6.08 Å². The summed E-state index contributed by atoms with van der Waals surface area (Å²) in [6.07, 6.45) is 1.79. The Morgan fingerprint density at radius 2 is 1.74 bits per heavy atom. The first-order chi connectivity index (χ1) is 15.0. The van der Waals surface area contributed by atoms with Crippen LogP contribution in [0.2, 0.25) is 0 Å². The standard InChI is InChI=1S/C25H21FN2O3/c1-17-22(25(29)28(27-17)21-6-4-3-5-7-21)14-19-10-13-23(24(15-19)30-2)31-16-18-8-11-20(26)12-9-18/h3-15H,16H2,1-2H3/b22-14-. The van der Waals surface area contributed by atoms with E-state index in [1.807, 2.05) is 43.3 Å². The zero-order chi connectivity index (χ0) is 21.8. The molecular formula is C25H21FN2O3. The molecule has 0 saturated heterocycles. The van der Waals surface area contributed by atoms with Crippen molar-refractivity contribution in [3.63, 3.8) is 0 Å². The molecule has 156 valence electrons. The molecule has 0 atom stereocenters. The van der Waals surface area contributed by atoms with E-state index < -0.39 is 0 Å². The molecule has 1 aliphatic rings. The van der Waals surface area contributed by atoms with Gasteiger partial charge in [0, 0.05) is 0 Å². The largest absolute Gasteiger partial charge is 0.493 e. The van der Waals surface area contributed by atoms with Crippen molar-refractivity contribution in [3.05, 3.63) is 95.3 Å². The van der Waals surface area contributed by atoms with Gasteiger partial charge in [-0.15, -0.1) is 0 Å². The number of hydrogen-bond acceptors (Lipinski definition) is 4. The molecule has 1 heterocycles. The highest BCUT2D eigenvalue weighted by Crippen LogP contribution is 2.31. The van der Waals surface area contributed by atoms with Crippen LogP contribution in [-0.2, 0) is 11.4 Å². The second-order valence-corrected chi connectivity index (χ2v) is 7.02. The van der Waals surface area contributed by atoms with E-state index in [4.69, 9.17) is 9.47 Å². The highest BCUT2D eigenvalue weighted by atomic mass is 19.1. The number of carbonyl (C=O) groups is 1. The minimum Gasteiger partial charge on any atom is -0.493 e. The van der Waals surface area contributed by atoms with Crippen molar-refractivity contribution in [2.75, 3.05) is 12.1 Å². The first kappa shape index (κ1) is 20.3. The Morgan fingerprint density at radius 1 is 1.00 bits per heavy atom. The number of rotatable bonds is 6. The van der Waals surface area contributed by atoms with Gasteiger partial charge in [-0.25, -0.2) is 4.39 Å². The first-order valence-electron chi connectivity index (χ1n) is 9.77. The van der Waals surface area contributed by atoms with E-state index in [1.54, 1.807) is 37.5 Å². The van der Waals surface area contributed by atoms with Crippen LogP contribution in [0.4, 0.5) is 10.1 Å². The predicted molar refractivity (Wildman–Crippen MR) is 119 cm³/mol. The molecule has 1 amide bonds. The third kappa shape index (κ3) is 4.48. The fourth-order valence-electron chi connectivity index (χ4n) is 3.23. The lowest BCUT2D eigenvalue weighted by Gasteiger charge is -2.12. The fraction of sp³-hybridized carbons (Fsp3) is 0.120. The Hall–Kier alpha value is -3.93. The number of halogens is 1. The molecule has 0 fully saturated rings. The van der Waals surface area contributed by atoms with Gasteiger partial charge in [-0.2, -0.15) is 10.1 Å². The van der Waals surface area contributed by atoms with E-state index in [0.717, 1.165) is 16.8 Å².